The summed E-state index contributed by atoms with van der Waals surface area (Å²) in [5, 5.41) is 4.56. The van der Waals surface area contributed by atoms with Gasteiger partial charge in [-0.1, -0.05) is 30.4 Å². The Kier molecular flexibility index (Phi) is 4.84. The molecule has 4 rings (SSSR count). The Labute approximate surface area is 162 Å². The highest BCUT2D eigenvalue weighted by molar-refractivity contribution is 7.22. The number of rotatable bonds is 3. The number of ether oxygens (including phenoxy) is 1. The lowest BCUT2D eigenvalue weighted by Crippen LogP contribution is -2.38. The van der Waals surface area contributed by atoms with E-state index in [-0.39, 0.29) is 11.6 Å². The molecule has 0 aliphatic carbocycles. The zero-order valence-corrected chi connectivity index (χ0v) is 15.8. The number of anilines is 1. The summed E-state index contributed by atoms with van der Waals surface area (Å²) in [4.78, 5) is 19.1. The van der Waals surface area contributed by atoms with Crippen molar-refractivity contribution >= 4 is 38.3 Å². The van der Waals surface area contributed by atoms with Crippen LogP contribution in [0.1, 0.15) is 13.3 Å². The van der Waals surface area contributed by atoms with Gasteiger partial charge in [-0.25, -0.2) is 4.98 Å². The van der Waals surface area contributed by atoms with Crippen LogP contribution in [0.15, 0.2) is 40.6 Å². The summed E-state index contributed by atoms with van der Waals surface area (Å²) in [7, 11) is 0. The van der Waals surface area contributed by atoms with Crippen molar-refractivity contribution in [2.24, 2.45) is 5.10 Å². The van der Waals surface area contributed by atoms with E-state index in [1.54, 1.807) is 36.1 Å². The number of amides is 1. The fourth-order valence-electron chi connectivity index (χ4n) is 3.33. The van der Waals surface area contributed by atoms with Crippen LogP contribution < -0.4 is 5.01 Å². The molecule has 2 aliphatic heterocycles. The number of carbonyl (C=O) groups is 1. The standard InChI is InChI=1S/C18H17F3N4O2S/c1-2-12(24-7-9-27-10-8-24)14-15(18(19,20)21)23-25(16(14)26)17-22-11-5-3-4-6-13(11)28-17/h3-6H,2,7-10H2,1H3/b14-12+. The van der Waals surface area contributed by atoms with Crippen molar-refractivity contribution in [3.8, 4) is 0 Å². The SMILES string of the molecule is CC/C(=C1\C(=O)N(c2nc3ccccc3s2)N=C1C(F)(F)F)N1CCOCC1. The van der Waals surface area contributed by atoms with Gasteiger partial charge in [-0.15, -0.1) is 0 Å². The van der Waals surface area contributed by atoms with E-state index in [9.17, 15) is 18.0 Å². The summed E-state index contributed by atoms with van der Waals surface area (Å²) in [6, 6.07) is 7.13. The van der Waals surface area contributed by atoms with Crippen molar-refractivity contribution in [2.75, 3.05) is 31.3 Å². The monoisotopic (exact) mass is 410 g/mol. The zero-order chi connectivity index (χ0) is 19.9. The first kappa shape index (κ1) is 18.9. The van der Waals surface area contributed by atoms with Crippen LogP contribution in [0.25, 0.3) is 10.2 Å². The fourth-order valence-corrected chi connectivity index (χ4v) is 4.25. The van der Waals surface area contributed by atoms with Crippen LogP contribution in [0.4, 0.5) is 18.3 Å². The van der Waals surface area contributed by atoms with Gasteiger partial charge in [0, 0.05) is 18.8 Å². The molecule has 0 atom stereocenters. The Balaban J connectivity index is 1.81. The normalized spacial score (nSPS) is 20.1. The lowest BCUT2D eigenvalue weighted by Gasteiger charge is -2.31. The van der Waals surface area contributed by atoms with E-state index in [1.165, 1.54) is 0 Å². The number of hydrogen-bond donors (Lipinski definition) is 0. The van der Waals surface area contributed by atoms with E-state index in [0.29, 0.717) is 37.5 Å². The summed E-state index contributed by atoms with van der Waals surface area (Å²) in [6.45, 7) is 3.42. The van der Waals surface area contributed by atoms with E-state index in [2.05, 4.69) is 10.1 Å². The van der Waals surface area contributed by atoms with Gasteiger partial charge in [-0.05, 0) is 18.6 Å². The average Bonchev–Trinajstić information content (AvgIpc) is 3.25. The van der Waals surface area contributed by atoms with Crippen molar-refractivity contribution in [2.45, 2.75) is 19.5 Å². The minimum Gasteiger partial charge on any atom is -0.378 e. The quantitative estimate of drug-likeness (QED) is 0.726. The first-order chi connectivity index (χ1) is 13.4. The van der Waals surface area contributed by atoms with Gasteiger partial charge in [0.15, 0.2) is 5.71 Å². The van der Waals surface area contributed by atoms with E-state index < -0.39 is 23.4 Å². The summed E-state index contributed by atoms with van der Waals surface area (Å²) < 4.78 is 47.3. The number of morpholine rings is 1. The van der Waals surface area contributed by atoms with Crippen LogP contribution in [0.5, 0.6) is 0 Å². The number of hydrazone groups is 1. The number of halogens is 3. The molecule has 1 saturated heterocycles. The number of hydrogen-bond acceptors (Lipinski definition) is 6. The van der Waals surface area contributed by atoms with Crippen LogP contribution in [-0.2, 0) is 9.53 Å². The predicted molar refractivity (Wildman–Crippen MR) is 100 cm³/mol. The lowest BCUT2D eigenvalue weighted by atomic mass is 10.0. The van der Waals surface area contributed by atoms with Crippen molar-refractivity contribution in [3.63, 3.8) is 0 Å². The molecule has 1 aromatic carbocycles. The van der Waals surface area contributed by atoms with Gasteiger partial charge < -0.3 is 9.64 Å². The molecule has 6 nitrogen and oxygen atoms in total. The Bertz CT molecular complexity index is 944. The maximum absolute atomic E-state index is 13.7. The van der Waals surface area contributed by atoms with Crippen LogP contribution in [-0.4, -0.2) is 54.0 Å². The highest BCUT2D eigenvalue weighted by Gasteiger charge is 2.49. The topological polar surface area (TPSA) is 58.0 Å². The number of nitrogens with zero attached hydrogens (tertiary/aromatic N) is 4. The molecule has 0 N–H and O–H groups in total. The van der Waals surface area contributed by atoms with Gasteiger partial charge in [-0.2, -0.15) is 23.3 Å². The lowest BCUT2D eigenvalue weighted by molar-refractivity contribution is -0.114. The van der Waals surface area contributed by atoms with Crippen molar-refractivity contribution in [3.05, 3.63) is 35.5 Å². The van der Waals surface area contributed by atoms with Crippen LogP contribution in [0.3, 0.4) is 0 Å². The maximum Gasteiger partial charge on any atom is 0.436 e. The second-order valence-corrected chi connectivity index (χ2v) is 7.31. The summed E-state index contributed by atoms with van der Waals surface area (Å²) >= 11 is 1.13. The number of benzene rings is 1. The summed E-state index contributed by atoms with van der Waals surface area (Å²) in [5.41, 5.74) is -0.607. The molecule has 3 heterocycles. The third-order valence-corrected chi connectivity index (χ3v) is 5.60. The van der Waals surface area contributed by atoms with E-state index in [4.69, 9.17) is 4.74 Å². The smallest absolute Gasteiger partial charge is 0.378 e. The average molecular weight is 410 g/mol. The Morgan fingerprint density at radius 1 is 1.25 bits per heavy atom. The van der Waals surface area contributed by atoms with Gasteiger partial charge in [0.25, 0.3) is 5.91 Å². The molecule has 0 saturated carbocycles. The van der Waals surface area contributed by atoms with Gasteiger partial charge in [-0.3, -0.25) is 4.79 Å². The number of allylic oxidation sites excluding steroid dienone is 1. The van der Waals surface area contributed by atoms with Gasteiger partial charge >= 0.3 is 6.18 Å². The van der Waals surface area contributed by atoms with Gasteiger partial charge in [0.05, 0.1) is 29.0 Å². The number of alkyl halides is 3. The molecule has 0 spiro atoms. The molecule has 28 heavy (non-hydrogen) atoms. The Hall–Kier alpha value is -2.46. The molecule has 1 amide bonds. The van der Waals surface area contributed by atoms with E-state index in [0.717, 1.165) is 21.0 Å². The zero-order valence-electron chi connectivity index (χ0n) is 15.0. The number of aromatic nitrogens is 1. The molecular formula is C18H17F3N4O2S. The third kappa shape index (κ3) is 3.26. The minimum atomic E-state index is -4.75. The van der Waals surface area contributed by atoms with Crippen LogP contribution in [0, 0.1) is 0 Å². The fraction of sp³-hybridized carbons (Fsp3) is 0.389. The number of para-hydroxylation sites is 1. The number of carbonyl (C=O) groups excluding carboxylic acids is 1. The second kappa shape index (κ2) is 7.17. The van der Waals surface area contributed by atoms with Gasteiger partial charge in [0.1, 0.15) is 0 Å². The molecular weight excluding hydrogens is 393 g/mol. The third-order valence-electron chi connectivity index (χ3n) is 4.59. The van der Waals surface area contributed by atoms with Crippen molar-refractivity contribution < 1.29 is 22.7 Å². The summed E-state index contributed by atoms with van der Waals surface area (Å²) in [6.07, 6.45) is -4.47. The molecule has 1 fully saturated rings. The van der Waals surface area contributed by atoms with E-state index in [1.807, 2.05) is 0 Å². The number of fused-ring (bicyclic) bond motifs is 1. The van der Waals surface area contributed by atoms with Crippen LogP contribution in [0.2, 0.25) is 0 Å². The molecule has 148 valence electrons. The van der Waals surface area contributed by atoms with E-state index >= 15 is 0 Å². The van der Waals surface area contributed by atoms with Crippen molar-refractivity contribution in [1.29, 1.82) is 0 Å². The molecule has 1 aromatic heterocycles. The molecule has 2 aromatic rings. The highest BCUT2D eigenvalue weighted by atomic mass is 32.1. The van der Waals surface area contributed by atoms with Crippen molar-refractivity contribution in [1.82, 2.24) is 9.88 Å². The number of thiazole rings is 1. The first-order valence-electron chi connectivity index (χ1n) is 8.82. The highest BCUT2D eigenvalue weighted by Crippen LogP contribution is 2.37. The minimum absolute atomic E-state index is 0.125. The summed E-state index contributed by atoms with van der Waals surface area (Å²) in [5.74, 6) is -0.797. The largest absolute Gasteiger partial charge is 0.436 e. The maximum atomic E-state index is 13.7. The van der Waals surface area contributed by atoms with Crippen LogP contribution >= 0.6 is 11.3 Å². The van der Waals surface area contributed by atoms with Gasteiger partial charge in [0.2, 0.25) is 5.13 Å². The predicted octanol–water partition coefficient (Wildman–Crippen LogP) is 3.56. The second-order valence-electron chi connectivity index (χ2n) is 6.30. The molecule has 0 bridgehead atoms. The Morgan fingerprint density at radius 2 is 1.96 bits per heavy atom. The molecule has 10 heteroatoms. The molecule has 0 unspecified atom stereocenters. The Morgan fingerprint density at radius 3 is 2.61 bits per heavy atom. The first-order valence-corrected chi connectivity index (χ1v) is 9.64. The molecule has 2 aliphatic rings. The molecule has 0 radical (unpaired) electrons.